The van der Waals surface area contributed by atoms with E-state index in [2.05, 4.69) is 222 Å². The quantitative estimate of drug-likeness (QED) is 0.192. The van der Waals surface area contributed by atoms with Gasteiger partial charge >= 0.3 is 0 Å². The van der Waals surface area contributed by atoms with Crippen molar-refractivity contribution in [2.24, 2.45) is 4.99 Å². The summed E-state index contributed by atoms with van der Waals surface area (Å²) in [5.41, 5.74) is 15.5. The van der Waals surface area contributed by atoms with E-state index in [9.17, 15) is 0 Å². The van der Waals surface area contributed by atoms with E-state index in [0.717, 1.165) is 33.7 Å². The highest BCUT2D eigenvalue weighted by Crippen LogP contribution is 2.63. The van der Waals surface area contributed by atoms with Crippen molar-refractivity contribution in [2.45, 2.75) is 21.2 Å². The summed E-state index contributed by atoms with van der Waals surface area (Å²) in [5.74, 6) is 0.867. The van der Waals surface area contributed by atoms with Gasteiger partial charge in [0.1, 0.15) is 5.84 Å². The second-order valence-corrected chi connectivity index (χ2v) is 17.3. The van der Waals surface area contributed by atoms with Crippen LogP contribution in [-0.2, 0) is 5.41 Å². The van der Waals surface area contributed by atoms with Crippen molar-refractivity contribution in [1.29, 1.82) is 0 Å². The predicted molar refractivity (Wildman–Crippen MR) is 253 cm³/mol. The Morgan fingerprint density at radius 2 is 1.10 bits per heavy atom. The van der Waals surface area contributed by atoms with Crippen LogP contribution in [0.1, 0.15) is 45.0 Å². The fourth-order valence-corrected chi connectivity index (χ4v) is 11.9. The van der Waals surface area contributed by atoms with Crippen LogP contribution in [0, 0.1) is 0 Å². The summed E-state index contributed by atoms with van der Waals surface area (Å²) in [5, 5.41) is 8.71. The number of rotatable bonds is 4. The molecule has 1 spiro atoms. The Balaban J connectivity index is 1.04. The van der Waals surface area contributed by atoms with Gasteiger partial charge in [-0.15, -0.1) is 0 Å². The van der Waals surface area contributed by atoms with Crippen molar-refractivity contribution in [1.82, 2.24) is 9.88 Å². The first-order valence-electron chi connectivity index (χ1n) is 21.0. The van der Waals surface area contributed by atoms with Crippen LogP contribution in [0.25, 0.3) is 55.1 Å². The molecule has 10 aromatic rings. The van der Waals surface area contributed by atoms with Gasteiger partial charge in [-0.05, 0) is 86.3 Å². The SMILES string of the molecule is C1=C(c2ccccc2)N=C(c2ccc(-n3c4ccccc4c4c5c(ccc43)C3(c4ccccc4S5)c4ccccc4-c4ccccc43)c3ccccc23)NC1c1ccccc1. The smallest absolute Gasteiger partial charge is 0.135 e. The molecule has 4 heteroatoms. The summed E-state index contributed by atoms with van der Waals surface area (Å²) in [6.07, 6.45) is 2.24. The largest absolute Gasteiger partial charge is 0.359 e. The summed E-state index contributed by atoms with van der Waals surface area (Å²) in [4.78, 5) is 7.96. The summed E-state index contributed by atoms with van der Waals surface area (Å²) >= 11 is 1.92. The lowest BCUT2D eigenvalue weighted by molar-refractivity contribution is 0.726. The van der Waals surface area contributed by atoms with Gasteiger partial charge in [0.2, 0.25) is 0 Å². The van der Waals surface area contributed by atoms with E-state index in [1.807, 2.05) is 11.8 Å². The number of nitrogens with one attached hydrogen (secondary N) is 1. The first-order chi connectivity index (χ1) is 30.3. The Hall–Kier alpha value is -7.40. The molecule has 0 bridgehead atoms. The van der Waals surface area contributed by atoms with E-state index in [4.69, 9.17) is 4.99 Å². The molecule has 1 N–H and O–H groups in total. The Kier molecular flexibility index (Phi) is 7.52. The van der Waals surface area contributed by atoms with Gasteiger partial charge in [0.05, 0.1) is 33.9 Å². The average molecular weight is 796 g/mol. The number of para-hydroxylation sites is 1. The first-order valence-corrected chi connectivity index (χ1v) is 21.8. The van der Waals surface area contributed by atoms with Crippen molar-refractivity contribution < 1.29 is 0 Å². The third-order valence-corrected chi connectivity index (χ3v) is 14.3. The summed E-state index contributed by atoms with van der Waals surface area (Å²) in [6, 6.07) is 75.6. The number of aromatic nitrogens is 1. The minimum atomic E-state index is -0.436. The Morgan fingerprint density at radius 3 is 1.87 bits per heavy atom. The van der Waals surface area contributed by atoms with Crippen LogP contribution < -0.4 is 5.32 Å². The molecule has 0 amide bonds. The molecule has 1 aliphatic carbocycles. The molecule has 3 heterocycles. The molecule has 1 unspecified atom stereocenters. The molecule has 3 aliphatic rings. The number of amidine groups is 1. The first kappa shape index (κ1) is 34.5. The zero-order valence-electron chi connectivity index (χ0n) is 33.1. The summed E-state index contributed by atoms with van der Waals surface area (Å²) < 4.78 is 2.50. The zero-order chi connectivity index (χ0) is 40.1. The third kappa shape index (κ3) is 4.91. The zero-order valence-corrected chi connectivity index (χ0v) is 33.9. The van der Waals surface area contributed by atoms with Crippen LogP contribution in [0.15, 0.2) is 227 Å². The van der Waals surface area contributed by atoms with Crippen LogP contribution in [0.5, 0.6) is 0 Å². The van der Waals surface area contributed by atoms with Gasteiger partial charge in [-0.1, -0.05) is 188 Å². The highest BCUT2D eigenvalue weighted by molar-refractivity contribution is 7.99. The lowest BCUT2D eigenvalue weighted by atomic mass is 9.67. The van der Waals surface area contributed by atoms with Crippen molar-refractivity contribution >= 4 is 55.9 Å². The second-order valence-electron chi connectivity index (χ2n) is 16.2. The molecule has 61 heavy (non-hydrogen) atoms. The molecule has 9 aromatic carbocycles. The molecule has 2 aliphatic heterocycles. The topological polar surface area (TPSA) is 29.3 Å². The minimum absolute atomic E-state index is 0.0319. The van der Waals surface area contributed by atoms with Gasteiger partial charge in [0.15, 0.2) is 0 Å². The maximum absolute atomic E-state index is 5.33. The van der Waals surface area contributed by atoms with Crippen molar-refractivity contribution in [3.63, 3.8) is 0 Å². The highest BCUT2D eigenvalue weighted by Gasteiger charge is 2.50. The van der Waals surface area contributed by atoms with Gasteiger partial charge in [0, 0.05) is 31.5 Å². The van der Waals surface area contributed by atoms with Gasteiger partial charge in [0.25, 0.3) is 0 Å². The lowest BCUT2D eigenvalue weighted by Gasteiger charge is -2.40. The van der Waals surface area contributed by atoms with Crippen LogP contribution in [0.4, 0.5) is 0 Å². The molecule has 13 rings (SSSR count). The van der Waals surface area contributed by atoms with Gasteiger partial charge in [-0.3, -0.25) is 0 Å². The number of nitrogens with zero attached hydrogens (tertiary/aromatic N) is 2. The van der Waals surface area contributed by atoms with Crippen LogP contribution in [0.2, 0.25) is 0 Å². The normalized spacial score (nSPS) is 15.8. The molecule has 0 saturated carbocycles. The molecule has 0 fully saturated rings. The molecule has 3 nitrogen and oxygen atoms in total. The van der Waals surface area contributed by atoms with Crippen LogP contribution in [0.3, 0.4) is 0 Å². The van der Waals surface area contributed by atoms with E-state index in [1.165, 1.54) is 75.9 Å². The molecule has 1 aromatic heterocycles. The summed E-state index contributed by atoms with van der Waals surface area (Å²) in [7, 11) is 0. The molecule has 286 valence electrons. The minimum Gasteiger partial charge on any atom is -0.359 e. The van der Waals surface area contributed by atoms with Crippen LogP contribution in [-0.4, -0.2) is 10.4 Å². The predicted octanol–water partition coefficient (Wildman–Crippen LogP) is 13.9. The van der Waals surface area contributed by atoms with Crippen LogP contribution >= 0.6 is 11.8 Å². The maximum atomic E-state index is 5.33. The lowest BCUT2D eigenvalue weighted by Crippen LogP contribution is -2.32. The van der Waals surface area contributed by atoms with E-state index < -0.39 is 5.41 Å². The number of hydrogen-bond acceptors (Lipinski definition) is 3. The highest BCUT2D eigenvalue weighted by atomic mass is 32.2. The van der Waals surface area contributed by atoms with Crippen molar-refractivity contribution in [3.8, 4) is 16.8 Å². The number of fused-ring (bicyclic) bond motifs is 14. The third-order valence-electron chi connectivity index (χ3n) is 13.1. The maximum Gasteiger partial charge on any atom is 0.135 e. The Labute approximate surface area is 358 Å². The van der Waals surface area contributed by atoms with E-state index in [0.29, 0.717) is 0 Å². The number of aliphatic imine (C=N–C) groups is 1. The van der Waals surface area contributed by atoms with Crippen molar-refractivity contribution in [2.75, 3.05) is 0 Å². The monoisotopic (exact) mass is 795 g/mol. The summed E-state index contributed by atoms with van der Waals surface area (Å²) in [6.45, 7) is 0. The number of hydrogen-bond donors (Lipinski definition) is 1. The molecular formula is C57H37N3S. The molecule has 1 atom stereocenters. The molecule has 0 saturated heterocycles. The average Bonchev–Trinajstić information content (AvgIpc) is 3.83. The van der Waals surface area contributed by atoms with Crippen molar-refractivity contribution in [3.05, 3.63) is 251 Å². The second kappa shape index (κ2) is 13.3. The van der Waals surface area contributed by atoms with E-state index in [1.54, 1.807) is 0 Å². The number of benzene rings is 9. The van der Waals surface area contributed by atoms with Gasteiger partial charge < -0.3 is 9.88 Å². The standard InChI is InChI=1S/C57H37N3S/c1-3-17-36(18-4-1)48-35-49(37-19-5-2-6-20-37)59-56(58-48)42-31-33-51(41-24-8-7-21-38(41)42)60-50-29-15-11-25-43(50)54-52(60)34-32-47-55(54)61-53-30-16-14-28-46(53)57(47)44-26-12-9-22-39(44)40-23-10-13-27-45(40)57/h1-35,48H,(H,58,59). The molecule has 0 radical (unpaired) electrons. The van der Waals surface area contributed by atoms with Gasteiger partial charge in [-0.2, -0.15) is 0 Å². The van der Waals surface area contributed by atoms with E-state index >= 15 is 0 Å². The Morgan fingerprint density at radius 1 is 0.475 bits per heavy atom. The van der Waals surface area contributed by atoms with Gasteiger partial charge in [-0.25, -0.2) is 4.99 Å². The fourth-order valence-electron chi connectivity index (χ4n) is 10.6. The van der Waals surface area contributed by atoms with E-state index in [-0.39, 0.29) is 6.04 Å². The molecular weight excluding hydrogens is 759 g/mol. The fraction of sp³-hybridized carbons (Fsp3) is 0.0351. The Bertz CT molecular complexity index is 3440.